The summed E-state index contributed by atoms with van der Waals surface area (Å²) in [7, 11) is 0. The first-order chi connectivity index (χ1) is 8.17. The van der Waals surface area contributed by atoms with Crippen molar-refractivity contribution in [1.29, 1.82) is 0 Å². The van der Waals surface area contributed by atoms with E-state index in [0.29, 0.717) is 0 Å². The molecule has 1 aliphatic carbocycles. The molecule has 1 heteroatoms. The van der Waals surface area contributed by atoms with Gasteiger partial charge in [-0.05, 0) is 50.0 Å². The van der Waals surface area contributed by atoms with E-state index in [0.717, 1.165) is 23.8 Å². The third kappa shape index (κ3) is 5.42. The zero-order chi connectivity index (χ0) is 12.7. The molecule has 0 aromatic heterocycles. The van der Waals surface area contributed by atoms with Crippen molar-refractivity contribution >= 4 is 0 Å². The van der Waals surface area contributed by atoms with Gasteiger partial charge in [-0.3, -0.25) is 0 Å². The van der Waals surface area contributed by atoms with Crippen LogP contribution in [0, 0.1) is 17.8 Å². The van der Waals surface area contributed by atoms with Crippen LogP contribution >= 0.6 is 0 Å². The van der Waals surface area contributed by atoms with Gasteiger partial charge in [0.1, 0.15) is 0 Å². The van der Waals surface area contributed by atoms with Gasteiger partial charge >= 0.3 is 0 Å². The summed E-state index contributed by atoms with van der Waals surface area (Å²) in [5, 5.41) is 3.83. The Kier molecular flexibility index (Phi) is 7.18. The Labute approximate surface area is 109 Å². The van der Waals surface area contributed by atoms with Crippen molar-refractivity contribution in [3.63, 3.8) is 0 Å². The number of nitrogens with one attached hydrogen (secondary N) is 1. The van der Waals surface area contributed by atoms with Gasteiger partial charge in [0.25, 0.3) is 0 Å². The highest BCUT2D eigenvalue weighted by molar-refractivity contribution is 4.80. The van der Waals surface area contributed by atoms with Crippen LogP contribution in [0.25, 0.3) is 0 Å². The molecule has 1 aliphatic rings. The van der Waals surface area contributed by atoms with Gasteiger partial charge in [0.05, 0.1) is 0 Å². The van der Waals surface area contributed by atoms with E-state index in [9.17, 15) is 0 Å². The molecule has 1 fully saturated rings. The van der Waals surface area contributed by atoms with Crippen LogP contribution in [0.2, 0.25) is 0 Å². The second-order valence-corrected chi connectivity index (χ2v) is 6.29. The minimum absolute atomic E-state index is 0.803. The zero-order valence-electron chi connectivity index (χ0n) is 12.5. The van der Waals surface area contributed by atoms with Crippen LogP contribution in [0.5, 0.6) is 0 Å². The Hall–Kier alpha value is -0.0400. The van der Waals surface area contributed by atoms with E-state index in [1.54, 1.807) is 0 Å². The van der Waals surface area contributed by atoms with Crippen molar-refractivity contribution in [3.05, 3.63) is 0 Å². The predicted molar refractivity (Wildman–Crippen MR) is 77.3 cm³/mol. The first-order valence-corrected chi connectivity index (χ1v) is 7.90. The maximum atomic E-state index is 3.83. The Balaban J connectivity index is 2.20. The van der Waals surface area contributed by atoms with E-state index in [4.69, 9.17) is 0 Å². The molecular weight excluding hydrogens is 206 g/mol. The van der Waals surface area contributed by atoms with Crippen LogP contribution in [-0.4, -0.2) is 12.6 Å². The molecule has 0 spiro atoms. The fourth-order valence-electron chi connectivity index (χ4n) is 3.01. The molecule has 0 saturated heterocycles. The molecule has 4 atom stereocenters. The molecule has 102 valence electrons. The first kappa shape index (κ1) is 15.0. The van der Waals surface area contributed by atoms with Crippen molar-refractivity contribution in [3.8, 4) is 0 Å². The lowest BCUT2D eigenvalue weighted by Gasteiger charge is -2.33. The Bertz CT molecular complexity index is 190. The highest BCUT2D eigenvalue weighted by Crippen LogP contribution is 2.29. The summed E-state index contributed by atoms with van der Waals surface area (Å²) in [6.07, 6.45) is 9.71. The van der Waals surface area contributed by atoms with Gasteiger partial charge in [-0.2, -0.15) is 0 Å². The van der Waals surface area contributed by atoms with Gasteiger partial charge in [-0.15, -0.1) is 0 Å². The van der Waals surface area contributed by atoms with Crippen LogP contribution in [0.3, 0.4) is 0 Å². The van der Waals surface area contributed by atoms with Crippen LogP contribution in [0.1, 0.15) is 72.6 Å². The molecule has 1 nitrogen and oxygen atoms in total. The molecule has 0 amide bonds. The average Bonchev–Trinajstić information content (AvgIpc) is 2.34. The maximum Gasteiger partial charge on any atom is 0.00699 e. The van der Waals surface area contributed by atoms with Crippen molar-refractivity contribution in [1.82, 2.24) is 5.32 Å². The third-order valence-corrected chi connectivity index (χ3v) is 4.84. The fourth-order valence-corrected chi connectivity index (χ4v) is 3.01. The average molecular weight is 239 g/mol. The van der Waals surface area contributed by atoms with Crippen LogP contribution in [-0.2, 0) is 0 Å². The fraction of sp³-hybridized carbons (Fsp3) is 1.00. The van der Waals surface area contributed by atoms with Crippen molar-refractivity contribution in [2.75, 3.05) is 6.54 Å². The van der Waals surface area contributed by atoms with E-state index >= 15 is 0 Å². The number of rotatable bonds is 7. The summed E-state index contributed by atoms with van der Waals surface area (Å²) in [5.74, 6) is 2.76. The summed E-state index contributed by atoms with van der Waals surface area (Å²) >= 11 is 0. The van der Waals surface area contributed by atoms with Gasteiger partial charge in [0, 0.05) is 6.04 Å². The van der Waals surface area contributed by atoms with Gasteiger partial charge in [0.2, 0.25) is 0 Å². The molecule has 0 aromatic rings. The number of hydrogen-bond donors (Lipinski definition) is 1. The van der Waals surface area contributed by atoms with E-state index in [2.05, 4.69) is 33.0 Å². The lowest BCUT2D eigenvalue weighted by atomic mass is 9.79. The molecule has 0 aromatic carbocycles. The summed E-state index contributed by atoms with van der Waals surface area (Å²) in [6, 6.07) is 0.803. The number of hydrogen-bond acceptors (Lipinski definition) is 1. The van der Waals surface area contributed by atoms with E-state index in [1.165, 1.54) is 51.5 Å². The molecule has 4 unspecified atom stereocenters. The maximum absolute atomic E-state index is 3.83. The summed E-state index contributed by atoms with van der Waals surface area (Å²) < 4.78 is 0. The highest BCUT2D eigenvalue weighted by Gasteiger charge is 2.24. The topological polar surface area (TPSA) is 12.0 Å². The molecule has 1 rings (SSSR count). The summed E-state index contributed by atoms with van der Waals surface area (Å²) in [5.41, 5.74) is 0. The van der Waals surface area contributed by atoms with Crippen LogP contribution in [0.15, 0.2) is 0 Å². The van der Waals surface area contributed by atoms with Crippen LogP contribution in [0.4, 0.5) is 0 Å². The lowest BCUT2D eigenvalue weighted by molar-refractivity contribution is 0.219. The smallest absolute Gasteiger partial charge is 0.00699 e. The molecule has 0 radical (unpaired) electrons. The van der Waals surface area contributed by atoms with Crippen molar-refractivity contribution < 1.29 is 0 Å². The zero-order valence-corrected chi connectivity index (χ0v) is 12.5. The van der Waals surface area contributed by atoms with Gasteiger partial charge in [-0.25, -0.2) is 0 Å². The minimum Gasteiger partial charge on any atom is -0.314 e. The normalized spacial score (nSPS) is 31.4. The monoisotopic (exact) mass is 239 g/mol. The molecule has 0 bridgehead atoms. The van der Waals surface area contributed by atoms with Crippen molar-refractivity contribution in [2.24, 2.45) is 17.8 Å². The van der Waals surface area contributed by atoms with Gasteiger partial charge in [0.15, 0.2) is 0 Å². The molecular formula is C16H33N. The molecule has 0 heterocycles. The van der Waals surface area contributed by atoms with Crippen molar-refractivity contribution in [2.45, 2.75) is 78.7 Å². The third-order valence-electron chi connectivity index (χ3n) is 4.84. The molecule has 1 saturated carbocycles. The van der Waals surface area contributed by atoms with Gasteiger partial charge in [-0.1, -0.05) is 47.0 Å². The number of unbranched alkanes of at least 4 members (excludes halogenated alkanes) is 1. The van der Waals surface area contributed by atoms with E-state index in [-0.39, 0.29) is 0 Å². The quantitative estimate of drug-likeness (QED) is 0.683. The standard InChI is InChI=1S/C16H33N/c1-5-7-8-15(6-2)12-17-16-10-9-13(3)14(4)11-16/h13-17H,5-12H2,1-4H3. The van der Waals surface area contributed by atoms with Crippen LogP contribution < -0.4 is 5.32 Å². The largest absolute Gasteiger partial charge is 0.314 e. The van der Waals surface area contributed by atoms with Gasteiger partial charge < -0.3 is 5.32 Å². The molecule has 17 heavy (non-hydrogen) atoms. The second-order valence-electron chi connectivity index (χ2n) is 6.29. The second kappa shape index (κ2) is 8.13. The Morgan fingerprint density at radius 3 is 2.47 bits per heavy atom. The lowest BCUT2D eigenvalue weighted by Crippen LogP contribution is -2.38. The predicted octanol–water partition coefficient (Wildman–Crippen LogP) is 4.62. The SMILES string of the molecule is CCCCC(CC)CNC1CCC(C)C(C)C1. The van der Waals surface area contributed by atoms with E-state index in [1.807, 2.05) is 0 Å². The van der Waals surface area contributed by atoms with E-state index < -0.39 is 0 Å². The Morgan fingerprint density at radius 1 is 1.12 bits per heavy atom. The highest BCUT2D eigenvalue weighted by atomic mass is 14.9. The molecule has 1 N–H and O–H groups in total. The minimum atomic E-state index is 0.803. The molecule has 0 aliphatic heterocycles. The summed E-state index contributed by atoms with van der Waals surface area (Å²) in [4.78, 5) is 0. The Morgan fingerprint density at radius 2 is 1.88 bits per heavy atom. The summed E-state index contributed by atoms with van der Waals surface area (Å²) in [6.45, 7) is 10.7. The first-order valence-electron chi connectivity index (χ1n) is 7.90.